The van der Waals surface area contributed by atoms with Gasteiger partial charge in [0.1, 0.15) is 11.5 Å². The molecule has 1 aliphatic rings. The molecule has 0 bridgehead atoms. The van der Waals surface area contributed by atoms with Gasteiger partial charge >= 0.3 is 0 Å². The third kappa shape index (κ3) is 6.08. The molecule has 0 aromatic heterocycles. The van der Waals surface area contributed by atoms with Crippen LogP contribution in [0, 0.1) is 0 Å². The summed E-state index contributed by atoms with van der Waals surface area (Å²) in [6.45, 7) is 15.9. The standard InChI is InChI=1S/C26H38N2O4S/c1-5-27(6-2)15-9-17-31-21-12-14-25-24(19-21)23-13-11-22(20-26(23)33(25,29)30)32-18-10-16-28(7-3)8-4/h11-14,19-20H,5-10,15-18H2,1-4H3. The van der Waals surface area contributed by atoms with E-state index in [-0.39, 0.29) is 0 Å². The van der Waals surface area contributed by atoms with Crippen LogP contribution in [0.2, 0.25) is 0 Å². The van der Waals surface area contributed by atoms with Crippen LogP contribution in [0.1, 0.15) is 40.5 Å². The minimum Gasteiger partial charge on any atom is -0.494 e. The van der Waals surface area contributed by atoms with Gasteiger partial charge in [0.15, 0.2) is 0 Å². The van der Waals surface area contributed by atoms with Crippen molar-refractivity contribution in [2.24, 2.45) is 0 Å². The quantitative estimate of drug-likeness (QED) is 0.315. The van der Waals surface area contributed by atoms with Crippen LogP contribution in [0.5, 0.6) is 11.5 Å². The number of nitrogens with zero attached hydrogens (tertiary/aromatic N) is 2. The lowest BCUT2D eigenvalue weighted by Crippen LogP contribution is -2.25. The van der Waals surface area contributed by atoms with Crippen molar-refractivity contribution in [1.29, 1.82) is 0 Å². The molecule has 1 heterocycles. The van der Waals surface area contributed by atoms with Crippen LogP contribution in [0.4, 0.5) is 0 Å². The van der Waals surface area contributed by atoms with E-state index in [9.17, 15) is 8.42 Å². The van der Waals surface area contributed by atoms with Gasteiger partial charge in [-0.1, -0.05) is 27.7 Å². The fourth-order valence-corrected chi connectivity index (χ4v) is 5.92. The molecule has 0 amide bonds. The molecule has 2 aromatic carbocycles. The Morgan fingerprint density at radius 1 is 0.667 bits per heavy atom. The van der Waals surface area contributed by atoms with Gasteiger partial charge in [0, 0.05) is 24.2 Å². The van der Waals surface area contributed by atoms with Crippen molar-refractivity contribution >= 4 is 9.84 Å². The van der Waals surface area contributed by atoms with Crippen LogP contribution < -0.4 is 9.47 Å². The summed E-state index contributed by atoms with van der Waals surface area (Å²) >= 11 is 0. The molecule has 7 heteroatoms. The van der Waals surface area contributed by atoms with Crippen LogP contribution in [0.15, 0.2) is 46.2 Å². The first kappa shape index (κ1) is 25.5. The molecule has 0 unspecified atom stereocenters. The Kier molecular flexibility index (Phi) is 9.18. The predicted molar refractivity (Wildman–Crippen MR) is 133 cm³/mol. The SMILES string of the molecule is CCN(CC)CCCOc1ccc2c(c1)-c1ccc(OCCCN(CC)CC)cc1S2(=O)=O. The van der Waals surface area contributed by atoms with E-state index in [0.717, 1.165) is 52.1 Å². The second kappa shape index (κ2) is 11.9. The molecule has 0 spiro atoms. The lowest BCUT2D eigenvalue weighted by Gasteiger charge is -2.17. The highest BCUT2D eigenvalue weighted by molar-refractivity contribution is 7.92. The second-order valence-electron chi connectivity index (χ2n) is 8.28. The van der Waals surface area contributed by atoms with E-state index < -0.39 is 9.84 Å². The minimum atomic E-state index is -3.55. The van der Waals surface area contributed by atoms with Gasteiger partial charge in [-0.05, 0) is 75.4 Å². The van der Waals surface area contributed by atoms with E-state index in [0.29, 0.717) is 45.6 Å². The number of ether oxygens (including phenoxy) is 2. The normalized spacial score (nSPS) is 13.9. The van der Waals surface area contributed by atoms with E-state index in [1.54, 1.807) is 18.2 Å². The Hall–Kier alpha value is -2.09. The topological polar surface area (TPSA) is 59.1 Å². The summed E-state index contributed by atoms with van der Waals surface area (Å²) in [7, 11) is -3.55. The maximum Gasteiger partial charge on any atom is 0.207 e. The Labute approximate surface area is 199 Å². The van der Waals surface area contributed by atoms with Crippen LogP contribution >= 0.6 is 0 Å². The number of hydrogen-bond acceptors (Lipinski definition) is 6. The van der Waals surface area contributed by atoms with Gasteiger partial charge in [0.2, 0.25) is 9.84 Å². The van der Waals surface area contributed by atoms with Crippen LogP contribution in [-0.2, 0) is 9.84 Å². The van der Waals surface area contributed by atoms with Gasteiger partial charge in [-0.15, -0.1) is 0 Å². The van der Waals surface area contributed by atoms with Crippen molar-refractivity contribution in [1.82, 2.24) is 9.80 Å². The zero-order valence-electron chi connectivity index (χ0n) is 20.5. The van der Waals surface area contributed by atoms with Crippen molar-refractivity contribution in [3.8, 4) is 22.6 Å². The summed E-state index contributed by atoms with van der Waals surface area (Å²) in [6, 6.07) is 10.6. The Balaban J connectivity index is 1.66. The van der Waals surface area contributed by atoms with E-state index >= 15 is 0 Å². The highest BCUT2D eigenvalue weighted by Crippen LogP contribution is 2.45. The first-order valence-electron chi connectivity index (χ1n) is 12.2. The number of rotatable bonds is 14. The molecule has 1 aliphatic heterocycles. The zero-order valence-corrected chi connectivity index (χ0v) is 21.3. The molecule has 0 radical (unpaired) electrons. The van der Waals surface area contributed by atoms with Gasteiger partial charge in [-0.3, -0.25) is 0 Å². The average molecular weight is 475 g/mol. The summed E-state index contributed by atoms with van der Waals surface area (Å²) in [6.07, 6.45) is 1.84. The highest BCUT2D eigenvalue weighted by Gasteiger charge is 2.33. The summed E-state index contributed by atoms with van der Waals surface area (Å²) in [5.74, 6) is 1.30. The molecule has 0 saturated heterocycles. The van der Waals surface area contributed by atoms with Gasteiger partial charge in [-0.25, -0.2) is 8.42 Å². The first-order chi connectivity index (χ1) is 15.9. The number of fused-ring (bicyclic) bond motifs is 3. The summed E-state index contributed by atoms with van der Waals surface area (Å²) in [5.41, 5.74) is 1.42. The molecule has 182 valence electrons. The molecular formula is C26H38N2O4S. The molecular weight excluding hydrogens is 436 g/mol. The van der Waals surface area contributed by atoms with Gasteiger partial charge < -0.3 is 19.3 Å². The van der Waals surface area contributed by atoms with Crippen LogP contribution in [0.25, 0.3) is 11.1 Å². The fraction of sp³-hybridized carbons (Fsp3) is 0.538. The maximum atomic E-state index is 13.1. The number of sulfone groups is 1. The predicted octanol–water partition coefficient (Wildman–Crippen LogP) is 4.72. The molecule has 3 rings (SSSR count). The molecule has 0 fully saturated rings. The third-order valence-corrected chi connectivity index (χ3v) is 8.19. The second-order valence-corrected chi connectivity index (χ2v) is 10.2. The van der Waals surface area contributed by atoms with Gasteiger partial charge in [0.25, 0.3) is 0 Å². The number of benzene rings is 2. The van der Waals surface area contributed by atoms with Crippen LogP contribution in [0.3, 0.4) is 0 Å². The molecule has 6 nitrogen and oxygen atoms in total. The molecule has 0 aliphatic carbocycles. The van der Waals surface area contributed by atoms with Crippen molar-refractivity contribution < 1.29 is 17.9 Å². The summed E-state index contributed by atoms with van der Waals surface area (Å²) in [4.78, 5) is 5.36. The zero-order chi connectivity index (χ0) is 23.8. The van der Waals surface area contributed by atoms with Crippen molar-refractivity contribution in [2.75, 3.05) is 52.5 Å². The monoisotopic (exact) mass is 474 g/mol. The lowest BCUT2D eigenvalue weighted by atomic mass is 10.1. The Morgan fingerprint density at radius 3 is 1.73 bits per heavy atom. The largest absolute Gasteiger partial charge is 0.494 e. The average Bonchev–Trinajstić information content (AvgIpc) is 3.05. The first-order valence-corrected chi connectivity index (χ1v) is 13.7. The molecule has 0 atom stereocenters. The van der Waals surface area contributed by atoms with E-state index in [1.165, 1.54) is 0 Å². The maximum absolute atomic E-state index is 13.1. The Morgan fingerprint density at radius 2 is 1.18 bits per heavy atom. The fourth-order valence-electron chi connectivity index (χ4n) is 4.24. The molecule has 0 N–H and O–H groups in total. The molecule has 2 aromatic rings. The van der Waals surface area contributed by atoms with E-state index in [1.807, 2.05) is 18.2 Å². The van der Waals surface area contributed by atoms with Gasteiger partial charge in [-0.2, -0.15) is 0 Å². The van der Waals surface area contributed by atoms with Crippen molar-refractivity contribution in [2.45, 2.75) is 50.3 Å². The Bertz CT molecular complexity index is 1010. The summed E-state index contributed by atoms with van der Waals surface area (Å²) in [5, 5.41) is 0. The minimum absolute atomic E-state index is 0.317. The lowest BCUT2D eigenvalue weighted by molar-refractivity contribution is 0.249. The van der Waals surface area contributed by atoms with E-state index in [2.05, 4.69) is 37.5 Å². The highest BCUT2D eigenvalue weighted by atomic mass is 32.2. The van der Waals surface area contributed by atoms with E-state index in [4.69, 9.17) is 9.47 Å². The van der Waals surface area contributed by atoms with Crippen LogP contribution in [-0.4, -0.2) is 70.7 Å². The molecule has 33 heavy (non-hydrogen) atoms. The number of hydrogen-bond donors (Lipinski definition) is 0. The molecule has 0 saturated carbocycles. The van der Waals surface area contributed by atoms with Gasteiger partial charge in [0.05, 0.1) is 23.0 Å². The smallest absolute Gasteiger partial charge is 0.207 e. The van der Waals surface area contributed by atoms with Crippen molar-refractivity contribution in [3.05, 3.63) is 36.4 Å². The summed E-state index contributed by atoms with van der Waals surface area (Å²) < 4.78 is 38.1. The van der Waals surface area contributed by atoms with Crippen molar-refractivity contribution in [3.63, 3.8) is 0 Å². The third-order valence-electron chi connectivity index (χ3n) is 6.34.